The van der Waals surface area contributed by atoms with Gasteiger partial charge in [-0.1, -0.05) is 19.4 Å². The van der Waals surface area contributed by atoms with E-state index in [1.54, 1.807) is 12.1 Å². The van der Waals surface area contributed by atoms with E-state index in [9.17, 15) is 9.59 Å². The minimum absolute atomic E-state index is 0.223. The molecule has 1 aromatic rings. The fourth-order valence-electron chi connectivity index (χ4n) is 2.34. The summed E-state index contributed by atoms with van der Waals surface area (Å²) in [6.45, 7) is 2.75. The van der Waals surface area contributed by atoms with Gasteiger partial charge in [0.05, 0.1) is 18.4 Å². The van der Waals surface area contributed by atoms with E-state index in [2.05, 4.69) is 12.2 Å². The smallest absolute Gasteiger partial charge is 0.307 e. The average molecular weight is 291 g/mol. The number of carbonyl (C=O) groups excluding carboxylic acids is 1. The summed E-state index contributed by atoms with van der Waals surface area (Å²) in [5.41, 5.74) is 0.644. The predicted molar refractivity (Wildman–Crippen MR) is 79.3 cm³/mol. The third-order valence-electron chi connectivity index (χ3n) is 3.80. The van der Waals surface area contributed by atoms with Crippen LogP contribution in [0.1, 0.15) is 32.6 Å². The number of rotatable bonds is 7. The van der Waals surface area contributed by atoms with Crippen LogP contribution in [-0.4, -0.2) is 23.6 Å². The standard InChI is InChI=1S/C16H21NO4/c1-2-3-9-21-12-6-4-5-11(10-12)17-15(18)13-7-8-14(13)16(19)20/h4-6,10,13-14H,2-3,7-9H2,1H3,(H,17,18)(H,19,20). The molecule has 1 aliphatic rings. The zero-order valence-corrected chi connectivity index (χ0v) is 12.2. The van der Waals surface area contributed by atoms with Gasteiger partial charge in [0.25, 0.3) is 0 Å². The van der Waals surface area contributed by atoms with E-state index in [0.29, 0.717) is 30.9 Å². The number of anilines is 1. The quantitative estimate of drug-likeness (QED) is 0.757. The van der Waals surface area contributed by atoms with Crippen molar-refractivity contribution >= 4 is 17.6 Å². The third-order valence-corrected chi connectivity index (χ3v) is 3.80. The molecule has 1 fully saturated rings. The van der Waals surface area contributed by atoms with Gasteiger partial charge in [-0.2, -0.15) is 0 Å². The van der Waals surface area contributed by atoms with Crippen LogP contribution in [0.25, 0.3) is 0 Å². The number of ether oxygens (including phenoxy) is 1. The van der Waals surface area contributed by atoms with Crippen molar-refractivity contribution in [1.29, 1.82) is 0 Å². The Morgan fingerprint density at radius 2 is 2.10 bits per heavy atom. The van der Waals surface area contributed by atoms with Gasteiger partial charge in [0, 0.05) is 11.8 Å². The first-order valence-electron chi connectivity index (χ1n) is 7.38. The van der Waals surface area contributed by atoms with E-state index in [4.69, 9.17) is 9.84 Å². The fourth-order valence-corrected chi connectivity index (χ4v) is 2.34. The lowest BCUT2D eigenvalue weighted by atomic mass is 9.73. The normalized spacial score (nSPS) is 20.4. The van der Waals surface area contributed by atoms with Crippen LogP contribution < -0.4 is 10.1 Å². The van der Waals surface area contributed by atoms with Gasteiger partial charge in [-0.15, -0.1) is 0 Å². The molecule has 1 aromatic carbocycles. The van der Waals surface area contributed by atoms with Crippen molar-refractivity contribution in [3.63, 3.8) is 0 Å². The zero-order valence-electron chi connectivity index (χ0n) is 12.2. The van der Waals surface area contributed by atoms with Crippen molar-refractivity contribution in [3.8, 4) is 5.75 Å². The molecule has 2 N–H and O–H groups in total. The highest BCUT2D eigenvalue weighted by molar-refractivity contribution is 5.96. The first-order chi connectivity index (χ1) is 10.1. The molecule has 1 amide bonds. The van der Waals surface area contributed by atoms with Crippen molar-refractivity contribution in [2.75, 3.05) is 11.9 Å². The second-order valence-electron chi connectivity index (χ2n) is 5.35. The topological polar surface area (TPSA) is 75.6 Å². The van der Waals surface area contributed by atoms with Crippen molar-refractivity contribution in [3.05, 3.63) is 24.3 Å². The van der Waals surface area contributed by atoms with E-state index >= 15 is 0 Å². The molecule has 0 bridgehead atoms. The maximum absolute atomic E-state index is 12.1. The molecular weight excluding hydrogens is 270 g/mol. The summed E-state index contributed by atoms with van der Waals surface area (Å²) < 4.78 is 5.58. The average Bonchev–Trinajstić information content (AvgIpc) is 2.37. The van der Waals surface area contributed by atoms with Gasteiger partial charge in [-0.25, -0.2) is 0 Å². The largest absolute Gasteiger partial charge is 0.494 e. The summed E-state index contributed by atoms with van der Waals surface area (Å²) in [6.07, 6.45) is 3.26. The van der Waals surface area contributed by atoms with Crippen molar-refractivity contribution in [1.82, 2.24) is 0 Å². The molecule has 114 valence electrons. The van der Waals surface area contributed by atoms with Gasteiger partial charge in [0.2, 0.25) is 5.91 Å². The number of amides is 1. The van der Waals surface area contributed by atoms with Crippen LogP contribution in [0.2, 0.25) is 0 Å². The van der Waals surface area contributed by atoms with E-state index in [0.717, 1.165) is 12.8 Å². The molecule has 2 rings (SSSR count). The van der Waals surface area contributed by atoms with Crippen LogP contribution >= 0.6 is 0 Å². The molecule has 5 nitrogen and oxygen atoms in total. The minimum Gasteiger partial charge on any atom is -0.494 e. The van der Waals surface area contributed by atoms with Gasteiger partial charge in [0.1, 0.15) is 5.75 Å². The van der Waals surface area contributed by atoms with Crippen LogP contribution in [0.4, 0.5) is 5.69 Å². The molecule has 2 atom stereocenters. The van der Waals surface area contributed by atoms with Crippen molar-refractivity contribution in [2.24, 2.45) is 11.8 Å². The molecule has 0 spiro atoms. The highest BCUT2D eigenvalue weighted by atomic mass is 16.5. The number of carboxylic acid groups (broad SMARTS) is 1. The van der Waals surface area contributed by atoms with Gasteiger partial charge < -0.3 is 15.2 Å². The highest BCUT2D eigenvalue weighted by Crippen LogP contribution is 2.35. The van der Waals surface area contributed by atoms with Gasteiger partial charge in [-0.3, -0.25) is 9.59 Å². The van der Waals surface area contributed by atoms with Gasteiger partial charge in [-0.05, 0) is 31.4 Å². The minimum atomic E-state index is -0.891. The van der Waals surface area contributed by atoms with Crippen LogP contribution in [0.5, 0.6) is 5.75 Å². The Labute approximate surface area is 124 Å². The van der Waals surface area contributed by atoms with Crippen molar-refractivity contribution in [2.45, 2.75) is 32.6 Å². The summed E-state index contributed by atoms with van der Waals surface area (Å²) >= 11 is 0. The Balaban J connectivity index is 1.91. The van der Waals surface area contributed by atoms with Crippen LogP contribution in [-0.2, 0) is 9.59 Å². The lowest BCUT2D eigenvalue weighted by molar-refractivity contribution is -0.151. The summed E-state index contributed by atoms with van der Waals surface area (Å²) in [5.74, 6) is -1.37. The first-order valence-corrected chi connectivity index (χ1v) is 7.38. The maximum atomic E-state index is 12.1. The number of benzene rings is 1. The molecule has 0 aromatic heterocycles. The molecule has 1 saturated carbocycles. The van der Waals surface area contributed by atoms with Crippen LogP contribution in [0, 0.1) is 11.8 Å². The number of aliphatic carboxylic acids is 1. The number of nitrogens with one attached hydrogen (secondary N) is 1. The molecular formula is C16H21NO4. The van der Waals surface area contributed by atoms with E-state index in [1.807, 2.05) is 12.1 Å². The highest BCUT2D eigenvalue weighted by Gasteiger charge is 2.41. The molecule has 0 heterocycles. The summed E-state index contributed by atoms with van der Waals surface area (Å²) in [7, 11) is 0. The SMILES string of the molecule is CCCCOc1cccc(NC(=O)C2CCC2C(=O)O)c1. The maximum Gasteiger partial charge on any atom is 0.307 e. The Hall–Kier alpha value is -2.04. The predicted octanol–water partition coefficient (Wildman–Crippen LogP) is 2.91. The molecule has 0 aliphatic heterocycles. The zero-order chi connectivity index (χ0) is 15.2. The van der Waals surface area contributed by atoms with E-state index < -0.39 is 17.8 Å². The molecule has 21 heavy (non-hydrogen) atoms. The van der Waals surface area contributed by atoms with Gasteiger partial charge >= 0.3 is 5.97 Å². The molecule has 5 heteroatoms. The summed E-state index contributed by atoms with van der Waals surface area (Å²) in [5, 5.41) is 11.8. The Morgan fingerprint density at radius 1 is 1.33 bits per heavy atom. The first kappa shape index (κ1) is 15.4. The molecule has 0 radical (unpaired) electrons. The number of hydrogen-bond acceptors (Lipinski definition) is 3. The lowest BCUT2D eigenvalue weighted by Crippen LogP contribution is -2.41. The summed E-state index contributed by atoms with van der Waals surface area (Å²) in [4.78, 5) is 23.0. The molecule has 0 saturated heterocycles. The van der Waals surface area contributed by atoms with Crippen LogP contribution in [0.3, 0.4) is 0 Å². The van der Waals surface area contributed by atoms with E-state index in [-0.39, 0.29) is 5.91 Å². The second-order valence-corrected chi connectivity index (χ2v) is 5.35. The Morgan fingerprint density at radius 3 is 2.71 bits per heavy atom. The van der Waals surface area contributed by atoms with Crippen LogP contribution in [0.15, 0.2) is 24.3 Å². The number of hydrogen-bond donors (Lipinski definition) is 2. The molecule has 1 aliphatic carbocycles. The number of unbranched alkanes of at least 4 members (excludes halogenated alkanes) is 1. The third kappa shape index (κ3) is 3.97. The monoisotopic (exact) mass is 291 g/mol. The number of carbonyl (C=O) groups is 2. The lowest BCUT2D eigenvalue weighted by Gasteiger charge is -2.31. The Bertz CT molecular complexity index is 515. The molecule has 2 unspecified atom stereocenters. The van der Waals surface area contributed by atoms with Gasteiger partial charge in [0.15, 0.2) is 0 Å². The Kier molecular flexibility index (Phi) is 5.20. The van der Waals surface area contributed by atoms with Crippen molar-refractivity contribution < 1.29 is 19.4 Å². The second kappa shape index (κ2) is 7.11. The summed E-state index contributed by atoms with van der Waals surface area (Å²) in [6, 6.07) is 7.20. The van der Waals surface area contributed by atoms with E-state index in [1.165, 1.54) is 0 Å². The number of carboxylic acids is 1. The fraction of sp³-hybridized carbons (Fsp3) is 0.500.